The molecule has 0 saturated carbocycles. The minimum atomic E-state index is 0.0759. The number of anilines is 2. The smallest absolute Gasteiger partial charge is 0.0694 e. The third-order valence-corrected chi connectivity index (χ3v) is 3.99. The van der Waals surface area contributed by atoms with Crippen LogP contribution in [-0.4, -0.2) is 31.8 Å². The maximum atomic E-state index is 5.62. The topological polar surface area (TPSA) is 24.5 Å². The Labute approximate surface area is 109 Å². The van der Waals surface area contributed by atoms with E-state index in [0.29, 0.717) is 0 Å². The number of rotatable bonds is 1. The fraction of sp³-hybridized carbons (Fsp3) is 0.600. The predicted molar refractivity (Wildman–Crippen MR) is 75.5 cm³/mol. The van der Waals surface area contributed by atoms with E-state index in [2.05, 4.69) is 42.3 Å². The number of hydrogen-bond acceptors (Lipinski definition) is 3. The summed E-state index contributed by atoms with van der Waals surface area (Å²) in [5, 5.41) is 3.58. The average Bonchev–Trinajstić information content (AvgIpc) is 2.38. The summed E-state index contributed by atoms with van der Waals surface area (Å²) in [7, 11) is 0. The van der Waals surface area contributed by atoms with E-state index in [1.54, 1.807) is 0 Å². The van der Waals surface area contributed by atoms with Crippen LogP contribution in [0.4, 0.5) is 11.4 Å². The van der Waals surface area contributed by atoms with Gasteiger partial charge in [0, 0.05) is 13.1 Å². The zero-order chi connectivity index (χ0) is 12.6. The van der Waals surface area contributed by atoms with Gasteiger partial charge in [-0.1, -0.05) is 12.1 Å². The van der Waals surface area contributed by atoms with Crippen LogP contribution in [0.25, 0.3) is 0 Å². The first-order chi connectivity index (χ1) is 8.68. The molecule has 0 aromatic heterocycles. The van der Waals surface area contributed by atoms with E-state index >= 15 is 0 Å². The van der Waals surface area contributed by atoms with Crippen LogP contribution < -0.4 is 10.2 Å². The molecular weight excluding hydrogens is 224 g/mol. The number of para-hydroxylation sites is 1. The lowest BCUT2D eigenvalue weighted by molar-refractivity contribution is 0.0644. The second-order valence-corrected chi connectivity index (χ2v) is 5.86. The molecule has 3 rings (SSSR count). The van der Waals surface area contributed by atoms with Crippen LogP contribution in [0.5, 0.6) is 0 Å². The Morgan fingerprint density at radius 3 is 3.06 bits per heavy atom. The van der Waals surface area contributed by atoms with Gasteiger partial charge >= 0.3 is 0 Å². The van der Waals surface area contributed by atoms with E-state index in [-0.39, 0.29) is 5.54 Å². The van der Waals surface area contributed by atoms with Gasteiger partial charge in [0.2, 0.25) is 0 Å². The van der Waals surface area contributed by atoms with Gasteiger partial charge in [-0.2, -0.15) is 0 Å². The molecule has 3 nitrogen and oxygen atoms in total. The van der Waals surface area contributed by atoms with Crippen molar-refractivity contribution in [2.24, 2.45) is 0 Å². The van der Waals surface area contributed by atoms with Gasteiger partial charge in [0.25, 0.3) is 0 Å². The number of ether oxygens (including phenoxy) is 1. The molecule has 0 radical (unpaired) electrons. The Balaban J connectivity index is 2.00. The fourth-order valence-corrected chi connectivity index (χ4v) is 3.02. The molecule has 0 atom stereocenters. The van der Waals surface area contributed by atoms with E-state index in [1.165, 1.54) is 29.8 Å². The maximum absolute atomic E-state index is 5.62. The average molecular weight is 246 g/mol. The van der Waals surface area contributed by atoms with Crippen molar-refractivity contribution >= 4 is 11.4 Å². The van der Waals surface area contributed by atoms with Gasteiger partial charge in [-0.25, -0.2) is 0 Å². The zero-order valence-electron chi connectivity index (χ0n) is 11.3. The van der Waals surface area contributed by atoms with E-state index < -0.39 is 0 Å². The van der Waals surface area contributed by atoms with Crippen molar-refractivity contribution in [1.82, 2.24) is 0 Å². The first kappa shape index (κ1) is 11.8. The third kappa shape index (κ3) is 1.97. The molecule has 1 aromatic rings. The van der Waals surface area contributed by atoms with E-state index in [9.17, 15) is 0 Å². The van der Waals surface area contributed by atoms with Crippen LogP contribution in [0.2, 0.25) is 0 Å². The molecule has 0 spiro atoms. The SMILES string of the molecule is CC1(C)COCCN1c1cccc2c1NCCC2. The van der Waals surface area contributed by atoms with Crippen molar-refractivity contribution in [1.29, 1.82) is 0 Å². The molecule has 98 valence electrons. The van der Waals surface area contributed by atoms with Gasteiger partial charge in [-0.05, 0) is 38.3 Å². The molecule has 3 heteroatoms. The van der Waals surface area contributed by atoms with Gasteiger partial charge in [-0.3, -0.25) is 0 Å². The highest BCUT2D eigenvalue weighted by Crippen LogP contribution is 2.37. The van der Waals surface area contributed by atoms with Gasteiger partial charge in [-0.15, -0.1) is 0 Å². The Kier molecular flexibility index (Phi) is 2.94. The number of nitrogens with zero attached hydrogens (tertiary/aromatic N) is 1. The molecular formula is C15H22N2O. The van der Waals surface area contributed by atoms with Crippen LogP contribution in [0.1, 0.15) is 25.8 Å². The zero-order valence-corrected chi connectivity index (χ0v) is 11.3. The van der Waals surface area contributed by atoms with Gasteiger partial charge < -0.3 is 15.0 Å². The molecule has 2 aliphatic heterocycles. The molecule has 1 saturated heterocycles. The highest BCUT2D eigenvalue weighted by atomic mass is 16.5. The number of hydrogen-bond donors (Lipinski definition) is 1. The number of nitrogens with one attached hydrogen (secondary N) is 1. The van der Waals surface area contributed by atoms with Crippen molar-refractivity contribution < 1.29 is 4.74 Å². The van der Waals surface area contributed by atoms with Crippen LogP contribution in [0.3, 0.4) is 0 Å². The standard InChI is InChI=1S/C15H22N2O/c1-15(2)11-18-10-9-17(15)13-7-3-5-12-6-4-8-16-14(12)13/h3,5,7,16H,4,6,8-11H2,1-2H3. The largest absolute Gasteiger partial charge is 0.383 e. The van der Waals surface area contributed by atoms with Crippen LogP contribution in [0.15, 0.2) is 18.2 Å². The molecule has 0 bridgehead atoms. The first-order valence-corrected chi connectivity index (χ1v) is 6.90. The Hall–Kier alpha value is -1.22. The van der Waals surface area contributed by atoms with Crippen molar-refractivity contribution in [3.63, 3.8) is 0 Å². The van der Waals surface area contributed by atoms with E-state index in [4.69, 9.17) is 4.74 Å². The molecule has 0 amide bonds. The predicted octanol–water partition coefficient (Wildman–Crippen LogP) is 2.66. The molecule has 2 heterocycles. The summed E-state index contributed by atoms with van der Waals surface area (Å²) in [6.45, 7) is 8.21. The number of fused-ring (bicyclic) bond motifs is 1. The summed E-state index contributed by atoms with van der Waals surface area (Å²) in [4.78, 5) is 2.49. The number of morpholine rings is 1. The fourth-order valence-electron chi connectivity index (χ4n) is 3.02. The third-order valence-electron chi connectivity index (χ3n) is 3.99. The normalized spacial score (nSPS) is 22.2. The summed E-state index contributed by atoms with van der Waals surface area (Å²) in [6, 6.07) is 6.68. The second-order valence-electron chi connectivity index (χ2n) is 5.86. The minimum absolute atomic E-state index is 0.0759. The lowest BCUT2D eigenvalue weighted by atomic mass is 9.97. The molecule has 1 aromatic carbocycles. The summed E-state index contributed by atoms with van der Waals surface area (Å²) in [5.74, 6) is 0. The summed E-state index contributed by atoms with van der Waals surface area (Å²) in [5.41, 5.74) is 4.23. The molecule has 2 aliphatic rings. The Morgan fingerprint density at radius 2 is 2.22 bits per heavy atom. The molecule has 0 unspecified atom stereocenters. The maximum Gasteiger partial charge on any atom is 0.0694 e. The van der Waals surface area contributed by atoms with Gasteiger partial charge in [0.05, 0.1) is 30.1 Å². The molecule has 1 fully saturated rings. The van der Waals surface area contributed by atoms with Crippen molar-refractivity contribution in [2.75, 3.05) is 36.5 Å². The summed E-state index contributed by atoms with van der Waals surface area (Å²) >= 11 is 0. The van der Waals surface area contributed by atoms with Crippen LogP contribution in [0, 0.1) is 0 Å². The van der Waals surface area contributed by atoms with E-state index in [0.717, 1.165) is 26.3 Å². The van der Waals surface area contributed by atoms with Gasteiger partial charge in [0.1, 0.15) is 0 Å². The summed E-state index contributed by atoms with van der Waals surface area (Å²) < 4.78 is 5.62. The molecule has 0 aliphatic carbocycles. The lowest BCUT2D eigenvalue weighted by Crippen LogP contribution is -2.53. The van der Waals surface area contributed by atoms with E-state index in [1.807, 2.05) is 0 Å². The van der Waals surface area contributed by atoms with Gasteiger partial charge in [0.15, 0.2) is 0 Å². The Bertz CT molecular complexity index is 442. The molecule has 18 heavy (non-hydrogen) atoms. The quantitative estimate of drug-likeness (QED) is 0.824. The van der Waals surface area contributed by atoms with Crippen molar-refractivity contribution in [3.05, 3.63) is 23.8 Å². The number of aryl methyl sites for hydroxylation is 1. The number of benzene rings is 1. The Morgan fingerprint density at radius 1 is 1.33 bits per heavy atom. The second kappa shape index (κ2) is 4.47. The highest BCUT2D eigenvalue weighted by molar-refractivity contribution is 5.75. The van der Waals surface area contributed by atoms with Crippen LogP contribution in [-0.2, 0) is 11.2 Å². The minimum Gasteiger partial charge on any atom is -0.383 e. The molecule has 1 N–H and O–H groups in total. The monoisotopic (exact) mass is 246 g/mol. The summed E-state index contributed by atoms with van der Waals surface area (Å²) in [6.07, 6.45) is 2.43. The highest BCUT2D eigenvalue weighted by Gasteiger charge is 2.32. The van der Waals surface area contributed by atoms with Crippen molar-refractivity contribution in [2.45, 2.75) is 32.2 Å². The van der Waals surface area contributed by atoms with Crippen molar-refractivity contribution in [3.8, 4) is 0 Å². The first-order valence-electron chi connectivity index (χ1n) is 6.90. The lowest BCUT2D eigenvalue weighted by Gasteiger charge is -2.45. The van der Waals surface area contributed by atoms with Crippen LogP contribution >= 0.6 is 0 Å².